The van der Waals surface area contributed by atoms with Gasteiger partial charge < -0.3 is 15.3 Å². The zero-order chi connectivity index (χ0) is 14.1. The Morgan fingerprint density at radius 1 is 1.40 bits per heavy atom. The van der Waals surface area contributed by atoms with E-state index in [4.69, 9.17) is 0 Å². The summed E-state index contributed by atoms with van der Waals surface area (Å²) in [6.07, 6.45) is 1.94. The molecular formula is C15H18N2O3. The average molecular weight is 274 g/mol. The summed E-state index contributed by atoms with van der Waals surface area (Å²) in [6.45, 7) is 0.663. The minimum absolute atomic E-state index is 0.00764. The predicted molar refractivity (Wildman–Crippen MR) is 74.3 cm³/mol. The molecule has 0 aliphatic carbocycles. The van der Waals surface area contributed by atoms with Crippen LogP contribution < -0.4 is 5.32 Å². The van der Waals surface area contributed by atoms with E-state index < -0.39 is 5.92 Å². The predicted octanol–water partition coefficient (Wildman–Crippen LogP) is 1.10. The third-order valence-electron chi connectivity index (χ3n) is 4.17. The number of para-hydroxylation sites is 1. The molecule has 2 atom stereocenters. The van der Waals surface area contributed by atoms with Crippen LogP contribution in [0.4, 0.5) is 5.69 Å². The van der Waals surface area contributed by atoms with Crippen molar-refractivity contribution in [1.29, 1.82) is 0 Å². The number of benzene rings is 1. The van der Waals surface area contributed by atoms with Crippen LogP contribution in [0.15, 0.2) is 24.3 Å². The van der Waals surface area contributed by atoms with E-state index in [-0.39, 0.29) is 30.9 Å². The minimum atomic E-state index is -0.424. The third kappa shape index (κ3) is 2.18. The van der Waals surface area contributed by atoms with Gasteiger partial charge in [-0.05, 0) is 24.5 Å². The highest BCUT2D eigenvalue weighted by Gasteiger charge is 2.37. The van der Waals surface area contributed by atoms with Crippen LogP contribution in [0.5, 0.6) is 0 Å². The Morgan fingerprint density at radius 3 is 3.00 bits per heavy atom. The highest BCUT2D eigenvalue weighted by molar-refractivity contribution is 6.01. The second-order valence-electron chi connectivity index (χ2n) is 5.40. The van der Waals surface area contributed by atoms with Crippen molar-refractivity contribution in [3.05, 3.63) is 29.8 Å². The summed E-state index contributed by atoms with van der Waals surface area (Å²) >= 11 is 0. The molecule has 2 aliphatic heterocycles. The number of carbonyl (C=O) groups excluding carboxylic acids is 2. The van der Waals surface area contributed by atoms with Crippen molar-refractivity contribution in [3.8, 4) is 0 Å². The number of nitrogens with one attached hydrogen (secondary N) is 1. The first-order valence-electron chi connectivity index (χ1n) is 7.01. The summed E-state index contributed by atoms with van der Waals surface area (Å²) in [5, 5.41) is 12.2. The van der Waals surface area contributed by atoms with E-state index in [9.17, 15) is 14.7 Å². The first kappa shape index (κ1) is 13.1. The molecule has 0 radical (unpaired) electrons. The van der Waals surface area contributed by atoms with Crippen molar-refractivity contribution in [2.75, 3.05) is 18.5 Å². The molecule has 106 valence electrons. The second kappa shape index (κ2) is 5.25. The van der Waals surface area contributed by atoms with Crippen LogP contribution >= 0.6 is 0 Å². The Balaban J connectivity index is 1.90. The number of aliphatic hydroxyl groups excluding tert-OH is 1. The van der Waals surface area contributed by atoms with Gasteiger partial charge in [-0.15, -0.1) is 0 Å². The SMILES string of the molecule is O=C1CC(C(=O)N2CCC[C@@H]2CO)c2ccccc2N1. The molecule has 20 heavy (non-hydrogen) atoms. The molecule has 2 aliphatic rings. The molecule has 2 N–H and O–H groups in total. The number of nitrogens with zero attached hydrogens (tertiary/aromatic N) is 1. The molecule has 0 bridgehead atoms. The number of anilines is 1. The van der Waals surface area contributed by atoms with Crippen molar-refractivity contribution in [2.45, 2.75) is 31.2 Å². The van der Waals surface area contributed by atoms with Crippen LogP contribution in [-0.2, 0) is 9.59 Å². The molecule has 1 aromatic rings. The summed E-state index contributed by atoms with van der Waals surface area (Å²) in [5.41, 5.74) is 1.60. The summed E-state index contributed by atoms with van der Waals surface area (Å²) in [5.74, 6) is -0.585. The van der Waals surface area contributed by atoms with Gasteiger partial charge in [0, 0.05) is 18.7 Å². The highest BCUT2D eigenvalue weighted by atomic mass is 16.3. The van der Waals surface area contributed by atoms with Gasteiger partial charge in [0.2, 0.25) is 11.8 Å². The number of likely N-dealkylation sites (tertiary alicyclic amines) is 1. The van der Waals surface area contributed by atoms with Crippen molar-refractivity contribution in [1.82, 2.24) is 4.90 Å². The van der Waals surface area contributed by atoms with Gasteiger partial charge in [-0.3, -0.25) is 9.59 Å². The maximum absolute atomic E-state index is 12.7. The van der Waals surface area contributed by atoms with Crippen molar-refractivity contribution < 1.29 is 14.7 Å². The maximum atomic E-state index is 12.7. The molecule has 0 aromatic heterocycles. The number of aliphatic hydroxyl groups is 1. The van der Waals surface area contributed by atoms with Crippen LogP contribution in [-0.4, -0.2) is 41.0 Å². The van der Waals surface area contributed by atoms with Crippen LogP contribution in [0.1, 0.15) is 30.7 Å². The number of carbonyl (C=O) groups is 2. The fourth-order valence-corrected chi connectivity index (χ4v) is 3.15. The number of rotatable bonds is 2. The molecule has 1 saturated heterocycles. The zero-order valence-electron chi connectivity index (χ0n) is 11.2. The quantitative estimate of drug-likeness (QED) is 0.848. The summed E-state index contributed by atoms with van der Waals surface area (Å²) in [4.78, 5) is 26.2. The third-order valence-corrected chi connectivity index (χ3v) is 4.17. The number of amides is 2. The second-order valence-corrected chi connectivity index (χ2v) is 5.40. The fraction of sp³-hybridized carbons (Fsp3) is 0.467. The van der Waals surface area contributed by atoms with E-state index in [1.54, 1.807) is 4.90 Å². The lowest BCUT2D eigenvalue weighted by Crippen LogP contribution is -2.42. The Hall–Kier alpha value is -1.88. The molecule has 3 rings (SSSR count). The molecule has 5 nitrogen and oxygen atoms in total. The molecule has 2 amide bonds. The molecule has 0 spiro atoms. The smallest absolute Gasteiger partial charge is 0.231 e. The van der Waals surface area contributed by atoms with Gasteiger partial charge in [-0.2, -0.15) is 0 Å². The van der Waals surface area contributed by atoms with E-state index in [0.717, 1.165) is 24.1 Å². The van der Waals surface area contributed by atoms with Crippen molar-refractivity contribution in [3.63, 3.8) is 0 Å². The van der Waals surface area contributed by atoms with E-state index in [1.165, 1.54) is 0 Å². The molecular weight excluding hydrogens is 256 g/mol. The summed E-state index contributed by atoms with van der Waals surface area (Å²) in [7, 11) is 0. The summed E-state index contributed by atoms with van der Waals surface area (Å²) < 4.78 is 0. The molecule has 0 saturated carbocycles. The molecule has 1 unspecified atom stereocenters. The van der Waals surface area contributed by atoms with E-state index >= 15 is 0 Å². The Bertz CT molecular complexity index is 544. The Morgan fingerprint density at radius 2 is 2.20 bits per heavy atom. The van der Waals surface area contributed by atoms with Crippen LogP contribution in [0, 0.1) is 0 Å². The molecule has 1 aromatic carbocycles. The van der Waals surface area contributed by atoms with Gasteiger partial charge in [0.25, 0.3) is 0 Å². The van der Waals surface area contributed by atoms with E-state index in [0.29, 0.717) is 6.54 Å². The highest BCUT2D eigenvalue weighted by Crippen LogP contribution is 2.34. The van der Waals surface area contributed by atoms with Crippen molar-refractivity contribution in [2.24, 2.45) is 0 Å². The van der Waals surface area contributed by atoms with Gasteiger partial charge in [0.15, 0.2) is 0 Å². The summed E-state index contributed by atoms with van der Waals surface area (Å²) in [6, 6.07) is 7.34. The largest absolute Gasteiger partial charge is 0.394 e. The van der Waals surface area contributed by atoms with Crippen LogP contribution in [0.25, 0.3) is 0 Å². The maximum Gasteiger partial charge on any atom is 0.231 e. The van der Waals surface area contributed by atoms with E-state index in [2.05, 4.69) is 5.32 Å². The fourth-order valence-electron chi connectivity index (χ4n) is 3.15. The van der Waals surface area contributed by atoms with Gasteiger partial charge >= 0.3 is 0 Å². The lowest BCUT2D eigenvalue weighted by molar-refractivity contribution is -0.136. The standard InChI is InChI=1S/C15H18N2O3/c18-9-10-4-3-7-17(10)15(20)12-8-14(19)16-13-6-2-1-5-11(12)13/h1-2,5-6,10,12,18H,3-4,7-9H2,(H,16,19)/t10-,12?/m1/s1. The average Bonchev–Trinajstić information content (AvgIpc) is 2.94. The van der Waals surface area contributed by atoms with Crippen LogP contribution in [0.3, 0.4) is 0 Å². The number of fused-ring (bicyclic) bond motifs is 1. The Kier molecular flexibility index (Phi) is 3.44. The first-order valence-corrected chi connectivity index (χ1v) is 7.01. The number of hydrogen-bond donors (Lipinski definition) is 2. The van der Waals surface area contributed by atoms with Gasteiger partial charge in [-0.1, -0.05) is 18.2 Å². The first-order chi connectivity index (χ1) is 9.70. The lowest BCUT2D eigenvalue weighted by Gasteiger charge is -2.31. The van der Waals surface area contributed by atoms with Gasteiger partial charge in [0.05, 0.1) is 18.6 Å². The minimum Gasteiger partial charge on any atom is -0.394 e. The molecule has 5 heteroatoms. The van der Waals surface area contributed by atoms with Crippen LogP contribution in [0.2, 0.25) is 0 Å². The molecule has 1 fully saturated rings. The normalized spacial score (nSPS) is 25.2. The molecule has 2 heterocycles. The van der Waals surface area contributed by atoms with E-state index in [1.807, 2.05) is 24.3 Å². The number of hydrogen-bond acceptors (Lipinski definition) is 3. The lowest BCUT2D eigenvalue weighted by atomic mass is 9.89. The van der Waals surface area contributed by atoms with Gasteiger partial charge in [-0.25, -0.2) is 0 Å². The Labute approximate surface area is 117 Å². The topological polar surface area (TPSA) is 69.6 Å². The monoisotopic (exact) mass is 274 g/mol. The van der Waals surface area contributed by atoms with Gasteiger partial charge in [0.1, 0.15) is 0 Å². The van der Waals surface area contributed by atoms with Crippen molar-refractivity contribution >= 4 is 17.5 Å². The zero-order valence-corrected chi connectivity index (χ0v) is 11.2.